The van der Waals surface area contributed by atoms with E-state index < -0.39 is 0 Å². The monoisotopic (exact) mass is 131 g/mol. The average Bonchev–Trinajstić information content (AvgIpc) is 1.64. The lowest BCUT2D eigenvalue weighted by Crippen LogP contribution is -2.35. The number of thioether (sulfide) groups is 1. The van der Waals surface area contributed by atoms with Crippen LogP contribution in [0.1, 0.15) is 13.8 Å². The Morgan fingerprint density at radius 1 is 1.25 bits per heavy atom. The molecule has 1 rings (SSSR count). The van der Waals surface area contributed by atoms with E-state index in [2.05, 4.69) is 30.9 Å². The Kier molecular flexibility index (Phi) is 2.20. The molecule has 1 fully saturated rings. The van der Waals surface area contributed by atoms with Crippen molar-refractivity contribution >= 4 is 11.8 Å². The van der Waals surface area contributed by atoms with Crippen LogP contribution in [0.5, 0.6) is 0 Å². The van der Waals surface area contributed by atoms with Gasteiger partial charge < -0.3 is 5.32 Å². The first-order chi connectivity index (χ1) is 3.79. The molecule has 0 saturated carbocycles. The molecule has 0 amide bonds. The number of hydrogen-bond acceptors (Lipinski definition) is 2. The van der Waals surface area contributed by atoms with Crippen molar-refractivity contribution in [1.29, 1.82) is 0 Å². The summed E-state index contributed by atoms with van der Waals surface area (Å²) in [5.41, 5.74) is 0. The van der Waals surface area contributed by atoms with Gasteiger partial charge in [0.25, 0.3) is 0 Å². The molecule has 1 nitrogen and oxygen atoms in total. The highest BCUT2D eigenvalue weighted by Crippen LogP contribution is 2.18. The van der Waals surface area contributed by atoms with Crippen LogP contribution in [-0.4, -0.2) is 23.6 Å². The Bertz CT molecular complexity index is 66.9. The molecule has 1 saturated heterocycles. The van der Waals surface area contributed by atoms with E-state index in [1.165, 1.54) is 13.1 Å². The van der Waals surface area contributed by atoms with Crippen molar-refractivity contribution < 1.29 is 0 Å². The van der Waals surface area contributed by atoms with Gasteiger partial charge in [0.15, 0.2) is 0 Å². The largest absolute Gasteiger partial charge is 0.315 e. The standard InChI is InChI=1S/C6H13NS/c1-5-3-7-4-6(2)8-5/h5-7H,3-4H2,1-2H3/t5-,6-/m1/s1. The number of rotatable bonds is 0. The second kappa shape index (κ2) is 2.74. The van der Waals surface area contributed by atoms with E-state index >= 15 is 0 Å². The maximum absolute atomic E-state index is 3.36. The van der Waals surface area contributed by atoms with Crippen LogP contribution < -0.4 is 5.32 Å². The second-order valence-corrected chi connectivity index (χ2v) is 4.30. The lowest BCUT2D eigenvalue weighted by molar-refractivity contribution is 0.648. The van der Waals surface area contributed by atoms with Crippen molar-refractivity contribution in [1.82, 2.24) is 5.32 Å². The van der Waals surface area contributed by atoms with Gasteiger partial charge in [0, 0.05) is 23.6 Å². The molecule has 2 atom stereocenters. The average molecular weight is 131 g/mol. The minimum absolute atomic E-state index is 0.818. The minimum atomic E-state index is 0.818. The van der Waals surface area contributed by atoms with Crippen LogP contribution in [0.15, 0.2) is 0 Å². The molecule has 0 aromatic carbocycles. The molecule has 0 bridgehead atoms. The van der Waals surface area contributed by atoms with Crippen LogP contribution in [0.2, 0.25) is 0 Å². The quantitative estimate of drug-likeness (QED) is 0.528. The molecule has 0 aromatic heterocycles. The highest BCUT2D eigenvalue weighted by atomic mass is 32.2. The highest BCUT2D eigenvalue weighted by Gasteiger charge is 2.13. The normalized spacial score (nSPS) is 39.8. The summed E-state index contributed by atoms with van der Waals surface area (Å²) in [6.45, 7) is 6.92. The van der Waals surface area contributed by atoms with E-state index in [9.17, 15) is 0 Å². The molecule has 0 radical (unpaired) electrons. The first-order valence-electron chi connectivity index (χ1n) is 3.15. The van der Waals surface area contributed by atoms with Gasteiger partial charge in [-0.05, 0) is 0 Å². The molecule has 2 heteroatoms. The van der Waals surface area contributed by atoms with E-state index in [-0.39, 0.29) is 0 Å². The van der Waals surface area contributed by atoms with Crippen molar-refractivity contribution in [3.63, 3.8) is 0 Å². The van der Waals surface area contributed by atoms with Gasteiger partial charge in [-0.2, -0.15) is 11.8 Å². The third kappa shape index (κ3) is 1.67. The lowest BCUT2D eigenvalue weighted by atomic mass is 10.4. The Morgan fingerprint density at radius 3 is 2.00 bits per heavy atom. The maximum Gasteiger partial charge on any atom is 0.0147 e. The zero-order chi connectivity index (χ0) is 5.98. The molecule has 1 heterocycles. The first-order valence-corrected chi connectivity index (χ1v) is 4.09. The summed E-state index contributed by atoms with van der Waals surface area (Å²) >= 11 is 2.08. The van der Waals surface area contributed by atoms with Crippen molar-refractivity contribution in [3.8, 4) is 0 Å². The predicted octanol–water partition coefficient (Wildman–Crippen LogP) is 1.10. The molecule has 1 N–H and O–H groups in total. The van der Waals surface area contributed by atoms with Gasteiger partial charge in [-0.25, -0.2) is 0 Å². The van der Waals surface area contributed by atoms with Crippen molar-refractivity contribution in [2.75, 3.05) is 13.1 Å². The number of hydrogen-bond donors (Lipinski definition) is 1. The minimum Gasteiger partial charge on any atom is -0.315 e. The third-order valence-corrected chi connectivity index (χ3v) is 2.59. The van der Waals surface area contributed by atoms with Gasteiger partial charge in [-0.3, -0.25) is 0 Å². The van der Waals surface area contributed by atoms with E-state index in [0.717, 1.165) is 10.5 Å². The van der Waals surface area contributed by atoms with Gasteiger partial charge in [0.1, 0.15) is 0 Å². The molecule has 0 aliphatic carbocycles. The molecule has 1 aliphatic heterocycles. The second-order valence-electron chi connectivity index (χ2n) is 2.42. The Labute approximate surface area is 55.2 Å². The van der Waals surface area contributed by atoms with E-state index in [0.29, 0.717) is 0 Å². The zero-order valence-electron chi connectivity index (χ0n) is 5.48. The van der Waals surface area contributed by atoms with Gasteiger partial charge in [0.05, 0.1) is 0 Å². The van der Waals surface area contributed by atoms with E-state index in [1.54, 1.807) is 0 Å². The molecule has 0 aromatic rings. The summed E-state index contributed by atoms with van der Waals surface area (Å²) in [6, 6.07) is 0. The smallest absolute Gasteiger partial charge is 0.0147 e. The predicted molar refractivity (Wildman–Crippen MR) is 39.4 cm³/mol. The first kappa shape index (κ1) is 6.43. The summed E-state index contributed by atoms with van der Waals surface area (Å²) in [5.74, 6) is 0. The fraction of sp³-hybridized carbons (Fsp3) is 1.00. The van der Waals surface area contributed by atoms with Gasteiger partial charge in [-0.15, -0.1) is 0 Å². The van der Waals surface area contributed by atoms with E-state index in [1.807, 2.05) is 0 Å². The van der Waals surface area contributed by atoms with Gasteiger partial charge >= 0.3 is 0 Å². The summed E-state index contributed by atoms with van der Waals surface area (Å²) in [6.07, 6.45) is 0. The fourth-order valence-corrected chi connectivity index (χ4v) is 2.20. The van der Waals surface area contributed by atoms with Gasteiger partial charge in [-0.1, -0.05) is 13.8 Å². The highest BCUT2D eigenvalue weighted by molar-refractivity contribution is 8.00. The van der Waals surface area contributed by atoms with Crippen molar-refractivity contribution in [2.45, 2.75) is 24.3 Å². The summed E-state index contributed by atoms with van der Waals surface area (Å²) < 4.78 is 0. The fourth-order valence-electron chi connectivity index (χ4n) is 0.983. The van der Waals surface area contributed by atoms with Crippen molar-refractivity contribution in [3.05, 3.63) is 0 Å². The van der Waals surface area contributed by atoms with Crippen LogP contribution in [0.25, 0.3) is 0 Å². The Balaban J connectivity index is 2.23. The molecule has 8 heavy (non-hydrogen) atoms. The molecule has 0 unspecified atom stereocenters. The lowest BCUT2D eigenvalue weighted by Gasteiger charge is -2.23. The summed E-state index contributed by atoms with van der Waals surface area (Å²) in [5, 5.41) is 5.00. The van der Waals surface area contributed by atoms with Crippen LogP contribution in [0.3, 0.4) is 0 Å². The van der Waals surface area contributed by atoms with E-state index in [4.69, 9.17) is 0 Å². The van der Waals surface area contributed by atoms with Crippen LogP contribution in [0, 0.1) is 0 Å². The molecule has 1 aliphatic rings. The topological polar surface area (TPSA) is 12.0 Å². The molecule has 0 spiro atoms. The van der Waals surface area contributed by atoms with Gasteiger partial charge in [0.2, 0.25) is 0 Å². The Hall–Kier alpha value is 0.310. The molecular formula is C6H13NS. The zero-order valence-corrected chi connectivity index (χ0v) is 6.29. The summed E-state index contributed by atoms with van der Waals surface area (Å²) in [4.78, 5) is 0. The summed E-state index contributed by atoms with van der Waals surface area (Å²) in [7, 11) is 0. The van der Waals surface area contributed by atoms with Crippen LogP contribution in [-0.2, 0) is 0 Å². The SMILES string of the molecule is C[C@@H]1CNC[C@@H](C)S1. The van der Waals surface area contributed by atoms with Crippen LogP contribution >= 0.6 is 11.8 Å². The number of nitrogens with one attached hydrogen (secondary N) is 1. The van der Waals surface area contributed by atoms with Crippen LogP contribution in [0.4, 0.5) is 0 Å². The third-order valence-electron chi connectivity index (χ3n) is 1.33. The molecular weight excluding hydrogens is 118 g/mol. The Morgan fingerprint density at radius 2 is 1.75 bits per heavy atom. The maximum atomic E-state index is 3.36. The molecule has 48 valence electrons. The van der Waals surface area contributed by atoms with Crippen molar-refractivity contribution in [2.24, 2.45) is 0 Å².